The van der Waals surface area contributed by atoms with Crippen molar-refractivity contribution in [3.05, 3.63) is 21.6 Å². The Morgan fingerprint density at radius 3 is 3.05 bits per heavy atom. The lowest BCUT2D eigenvalue weighted by atomic mass is 10.3. The van der Waals surface area contributed by atoms with Gasteiger partial charge in [-0.1, -0.05) is 11.6 Å². The molecule has 19 heavy (non-hydrogen) atoms. The van der Waals surface area contributed by atoms with Gasteiger partial charge in [0, 0.05) is 26.3 Å². The lowest BCUT2D eigenvalue weighted by Crippen LogP contribution is -2.27. The van der Waals surface area contributed by atoms with Crippen LogP contribution >= 0.6 is 11.6 Å². The van der Waals surface area contributed by atoms with Gasteiger partial charge in [0.1, 0.15) is 5.69 Å². The van der Waals surface area contributed by atoms with Crippen LogP contribution < -0.4 is 10.9 Å². The summed E-state index contributed by atoms with van der Waals surface area (Å²) in [6, 6.07) is 0. The molecule has 1 aliphatic carbocycles. The fourth-order valence-electron chi connectivity index (χ4n) is 1.84. The van der Waals surface area contributed by atoms with Crippen molar-refractivity contribution in [2.24, 2.45) is 5.92 Å². The quantitative estimate of drug-likeness (QED) is 0.744. The minimum Gasteiger partial charge on any atom is -0.382 e. The van der Waals surface area contributed by atoms with Crippen molar-refractivity contribution < 1.29 is 4.74 Å². The number of ether oxygens (including phenoxy) is 1. The Balaban J connectivity index is 1.95. The molecule has 1 fully saturated rings. The van der Waals surface area contributed by atoms with Gasteiger partial charge in [-0.3, -0.25) is 4.79 Å². The number of halogens is 1. The van der Waals surface area contributed by atoms with Crippen molar-refractivity contribution >= 4 is 17.3 Å². The molecule has 1 aromatic heterocycles. The average molecular weight is 286 g/mol. The second-order valence-electron chi connectivity index (χ2n) is 4.78. The number of hydrogen-bond acceptors (Lipinski definition) is 4. The Kier molecular flexibility index (Phi) is 5.22. The zero-order valence-corrected chi connectivity index (χ0v) is 11.9. The molecule has 1 saturated carbocycles. The van der Waals surface area contributed by atoms with Crippen molar-refractivity contribution in [2.45, 2.75) is 32.7 Å². The van der Waals surface area contributed by atoms with Gasteiger partial charge >= 0.3 is 0 Å². The standard InChI is InChI=1S/C13H20ClN3O2/c1-2-19-7-3-6-15-12-11(14)8-16-17(13(12)18)9-10-4-5-10/h8,10,15H,2-7,9H2,1H3. The summed E-state index contributed by atoms with van der Waals surface area (Å²) in [4.78, 5) is 12.2. The second-order valence-corrected chi connectivity index (χ2v) is 5.18. The topological polar surface area (TPSA) is 56.1 Å². The number of aromatic nitrogens is 2. The van der Waals surface area contributed by atoms with Gasteiger partial charge in [-0.2, -0.15) is 5.10 Å². The summed E-state index contributed by atoms with van der Waals surface area (Å²) in [5.74, 6) is 0.608. The largest absolute Gasteiger partial charge is 0.382 e. The maximum absolute atomic E-state index is 12.2. The van der Waals surface area contributed by atoms with Crippen molar-refractivity contribution in [1.29, 1.82) is 0 Å². The highest BCUT2D eigenvalue weighted by molar-refractivity contribution is 6.32. The molecule has 0 spiro atoms. The van der Waals surface area contributed by atoms with Gasteiger partial charge in [0.15, 0.2) is 0 Å². The Labute approximate surface area is 117 Å². The summed E-state index contributed by atoms with van der Waals surface area (Å²) in [6.45, 7) is 4.72. The fraction of sp³-hybridized carbons (Fsp3) is 0.692. The van der Waals surface area contributed by atoms with Gasteiger partial charge in [-0.15, -0.1) is 0 Å². The van der Waals surface area contributed by atoms with Crippen LogP contribution in [0.3, 0.4) is 0 Å². The van der Waals surface area contributed by atoms with E-state index >= 15 is 0 Å². The van der Waals surface area contributed by atoms with Gasteiger partial charge in [0.2, 0.25) is 0 Å². The summed E-state index contributed by atoms with van der Waals surface area (Å²) in [7, 11) is 0. The maximum atomic E-state index is 12.2. The van der Waals surface area contributed by atoms with Gasteiger partial charge in [-0.05, 0) is 32.1 Å². The third kappa shape index (κ3) is 4.21. The van der Waals surface area contributed by atoms with E-state index in [-0.39, 0.29) is 5.56 Å². The Morgan fingerprint density at radius 1 is 1.58 bits per heavy atom. The smallest absolute Gasteiger partial charge is 0.291 e. The van der Waals surface area contributed by atoms with Crippen LogP contribution in [0.15, 0.2) is 11.0 Å². The molecule has 0 atom stereocenters. The molecule has 0 radical (unpaired) electrons. The zero-order chi connectivity index (χ0) is 13.7. The van der Waals surface area contributed by atoms with E-state index in [1.807, 2.05) is 6.92 Å². The minimum absolute atomic E-state index is 0.129. The van der Waals surface area contributed by atoms with Crippen molar-refractivity contribution in [3.63, 3.8) is 0 Å². The van der Waals surface area contributed by atoms with Crippen LogP contribution in [0.25, 0.3) is 0 Å². The van der Waals surface area contributed by atoms with Crippen LogP contribution in [0.1, 0.15) is 26.2 Å². The van der Waals surface area contributed by atoms with Crippen LogP contribution in [-0.2, 0) is 11.3 Å². The Hall–Kier alpha value is -1.07. The first kappa shape index (κ1) is 14.3. The molecule has 0 unspecified atom stereocenters. The molecule has 106 valence electrons. The third-order valence-corrected chi connectivity index (χ3v) is 3.38. The normalized spacial score (nSPS) is 14.6. The summed E-state index contributed by atoms with van der Waals surface area (Å²) < 4.78 is 6.76. The molecule has 0 saturated heterocycles. The van der Waals surface area contributed by atoms with Gasteiger partial charge in [0.05, 0.1) is 11.2 Å². The summed E-state index contributed by atoms with van der Waals surface area (Å²) in [6.07, 6.45) is 4.76. The summed E-state index contributed by atoms with van der Waals surface area (Å²) in [5.41, 5.74) is 0.324. The molecule has 0 aliphatic heterocycles. The predicted molar refractivity (Wildman–Crippen MR) is 75.8 cm³/mol. The van der Waals surface area contributed by atoms with E-state index in [2.05, 4.69) is 10.4 Å². The molecule has 1 N–H and O–H groups in total. The molecule has 5 nitrogen and oxygen atoms in total. The van der Waals surface area contributed by atoms with Crippen molar-refractivity contribution in [1.82, 2.24) is 9.78 Å². The van der Waals surface area contributed by atoms with Crippen molar-refractivity contribution in [2.75, 3.05) is 25.1 Å². The predicted octanol–water partition coefficient (Wildman–Crippen LogP) is 2.15. The lowest BCUT2D eigenvalue weighted by molar-refractivity contribution is 0.147. The van der Waals surface area contributed by atoms with Crippen LogP contribution in [0.4, 0.5) is 5.69 Å². The Morgan fingerprint density at radius 2 is 2.37 bits per heavy atom. The highest BCUT2D eigenvalue weighted by Crippen LogP contribution is 2.30. The lowest BCUT2D eigenvalue weighted by Gasteiger charge is -2.10. The van der Waals surface area contributed by atoms with Crippen LogP contribution in [0, 0.1) is 5.92 Å². The highest BCUT2D eigenvalue weighted by Gasteiger charge is 2.23. The number of nitrogens with one attached hydrogen (secondary N) is 1. The van der Waals surface area contributed by atoms with E-state index in [0.29, 0.717) is 42.9 Å². The molecule has 0 amide bonds. The second kappa shape index (κ2) is 6.91. The molecule has 1 heterocycles. The molecular formula is C13H20ClN3O2. The summed E-state index contributed by atoms with van der Waals surface area (Å²) in [5, 5.41) is 7.56. The number of nitrogens with zero attached hydrogens (tertiary/aromatic N) is 2. The SMILES string of the molecule is CCOCCCNc1c(Cl)cnn(CC2CC2)c1=O. The van der Waals surface area contributed by atoms with E-state index in [1.54, 1.807) is 0 Å². The van der Waals surface area contributed by atoms with Crippen LogP contribution in [0.5, 0.6) is 0 Å². The maximum Gasteiger partial charge on any atom is 0.291 e. The minimum atomic E-state index is -0.129. The first-order chi connectivity index (χ1) is 9.22. The van der Waals surface area contributed by atoms with Gasteiger partial charge < -0.3 is 10.1 Å². The first-order valence-electron chi connectivity index (χ1n) is 6.79. The average Bonchev–Trinajstić information content (AvgIpc) is 3.20. The summed E-state index contributed by atoms with van der Waals surface area (Å²) >= 11 is 6.02. The molecule has 1 aromatic rings. The van der Waals surface area contributed by atoms with E-state index in [4.69, 9.17) is 16.3 Å². The third-order valence-electron chi connectivity index (χ3n) is 3.10. The number of hydrogen-bond donors (Lipinski definition) is 1. The van der Waals surface area contributed by atoms with Gasteiger partial charge in [0.25, 0.3) is 5.56 Å². The van der Waals surface area contributed by atoms with Crippen LogP contribution in [0.2, 0.25) is 5.02 Å². The van der Waals surface area contributed by atoms with Crippen molar-refractivity contribution in [3.8, 4) is 0 Å². The van der Waals surface area contributed by atoms with Crippen LogP contribution in [-0.4, -0.2) is 29.5 Å². The van der Waals surface area contributed by atoms with E-state index in [0.717, 1.165) is 6.42 Å². The molecule has 1 aliphatic rings. The van der Waals surface area contributed by atoms with E-state index in [1.165, 1.54) is 23.7 Å². The fourth-order valence-corrected chi connectivity index (χ4v) is 2.03. The van der Waals surface area contributed by atoms with E-state index in [9.17, 15) is 4.79 Å². The van der Waals surface area contributed by atoms with E-state index < -0.39 is 0 Å². The number of rotatable bonds is 8. The van der Waals surface area contributed by atoms with Gasteiger partial charge in [-0.25, -0.2) is 4.68 Å². The molecular weight excluding hydrogens is 266 g/mol. The molecule has 0 bridgehead atoms. The zero-order valence-electron chi connectivity index (χ0n) is 11.2. The molecule has 0 aromatic carbocycles. The first-order valence-corrected chi connectivity index (χ1v) is 7.17. The number of anilines is 1. The molecule has 2 rings (SSSR count). The monoisotopic (exact) mass is 285 g/mol. The Bertz CT molecular complexity index is 471. The highest BCUT2D eigenvalue weighted by atomic mass is 35.5. The molecule has 6 heteroatoms.